The van der Waals surface area contributed by atoms with Crippen molar-refractivity contribution < 1.29 is 23.0 Å². The highest BCUT2D eigenvalue weighted by atomic mass is 19.4. The Morgan fingerprint density at radius 2 is 1.95 bits per heavy atom. The number of hydrogen-bond donors (Lipinski definition) is 1. The number of halogens is 3. The zero-order valence-corrected chi connectivity index (χ0v) is 12.0. The third-order valence-corrected chi connectivity index (χ3v) is 3.04. The zero-order valence-electron chi connectivity index (χ0n) is 12.0. The number of alkyl halides is 3. The summed E-state index contributed by atoms with van der Waals surface area (Å²) >= 11 is 0. The van der Waals surface area contributed by atoms with Crippen molar-refractivity contribution in [2.75, 3.05) is 6.61 Å². The Bertz CT molecular complexity index is 519. The summed E-state index contributed by atoms with van der Waals surface area (Å²) in [5.74, 6) is -0.255. The molecule has 0 unspecified atom stereocenters. The minimum Gasteiger partial charge on any atom is -0.493 e. The first-order valence-corrected chi connectivity index (χ1v) is 6.54. The molecule has 116 valence electrons. The molecule has 0 fully saturated rings. The molecule has 0 aliphatic carbocycles. The average molecular weight is 301 g/mol. The Balaban J connectivity index is 2.73. The molecule has 0 spiro atoms. The number of benzene rings is 1. The fourth-order valence-corrected chi connectivity index (χ4v) is 1.78. The largest absolute Gasteiger partial charge is 0.493 e. The van der Waals surface area contributed by atoms with Crippen LogP contribution in [0.2, 0.25) is 0 Å². The molecule has 1 N–H and O–H groups in total. The lowest BCUT2D eigenvalue weighted by Gasteiger charge is -2.17. The Morgan fingerprint density at radius 1 is 1.29 bits per heavy atom. The van der Waals surface area contributed by atoms with Crippen molar-refractivity contribution >= 4 is 0 Å². The molecule has 1 aromatic rings. The fraction of sp³-hybridized carbons (Fsp3) is 0.533. The summed E-state index contributed by atoms with van der Waals surface area (Å²) in [6, 6.07) is 5.62. The van der Waals surface area contributed by atoms with Crippen molar-refractivity contribution in [2.45, 2.75) is 39.5 Å². The summed E-state index contributed by atoms with van der Waals surface area (Å²) in [5, 5.41) is 17.8. The third kappa shape index (κ3) is 5.27. The highest BCUT2D eigenvalue weighted by Crippen LogP contribution is 2.37. The monoisotopic (exact) mass is 301 g/mol. The van der Waals surface area contributed by atoms with Crippen LogP contribution in [0.25, 0.3) is 0 Å². The smallest absolute Gasteiger partial charge is 0.419 e. The van der Waals surface area contributed by atoms with Gasteiger partial charge >= 0.3 is 6.18 Å². The molecule has 0 aliphatic heterocycles. The molecule has 6 heteroatoms. The number of ether oxygens (including phenoxy) is 1. The molecule has 0 radical (unpaired) electrons. The molecular formula is C15H18F3NO2. The molecular weight excluding hydrogens is 283 g/mol. The van der Waals surface area contributed by atoms with Crippen LogP contribution in [-0.4, -0.2) is 11.7 Å². The second kappa shape index (κ2) is 6.81. The van der Waals surface area contributed by atoms with E-state index in [0.29, 0.717) is 12.8 Å². The van der Waals surface area contributed by atoms with Crippen LogP contribution >= 0.6 is 0 Å². The van der Waals surface area contributed by atoms with E-state index >= 15 is 0 Å². The van der Waals surface area contributed by atoms with E-state index in [-0.39, 0.29) is 17.9 Å². The molecule has 1 aromatic carbocycles. The van der Waals surface area contributed by atoms with Gasteiger partial charge < -0.3 is 9.84 Å². The predicted octanol–water partition coefficient (Wildman–Crippen LogP) is 3.91. The minimum absolute atomic E-state index is 0.104. The van der Waals surface area contributed by atoms with Gasteiger partial charge in [0.2, 0.25) is 0 Å². The molecule has 0 amide bonds. The molecule has 0 aromatic heterocycles. The van der Waals surface area contributed by atoms with Gasteiger partial charge in [-0.15, -0.1) is 0 Å². The van der Waals surface area contributed by atoms with Crippen LogP contribution < -0.4 is 4.74 Å². The van der Waals surface area contributed by atoms with Crippen molar-refractivity contribution in [3.8, 4) is 11.8 Å². The Hall–Kier alpha value is -1.74. The van der Waals surface area contributed by atoms with Crippen LogP contribution in [0, 0.1) is 16.7 Å². The second-order valence-corrected chi connectivity index (χ2v) is 5.43. The van der Waals surface area contributed by atoms with Crippen LogP contribution in [0.4, 0.5) is 13.2 Å². The number of aliphatic hydroxyl groups is 1. The topological polar surface area (TPSA) is 53.2 Å². The number of aliphatic hydroxyl groups excluding tert-OH is 1. The van der Waals surface area contributed by atoms with E-state index < -0.39 is 23.8 Å². The summed E-state index contributed by atoms with van der Waals surface area (Å²) in [6.07, 6.45) is -3.51. The van der Waals surface area contributed by atoms with Crippen molar-refractivity contribution in [1.29, 1.82) is 5.26 Å². The van der Waals surface area contributed by atoms with E-state index in [4.69, 9.17) is 15.1 Å². The first-order valence-electron chi connectivity index (χ1n) is 6.54. The van der Waals surface area contributed by atoms with Crippen molar-refractivity contribution in [3.63, 3.8) is 0 Å². The van der Waals surface area contributed by atoms with Gasteiger partial charge in [-0.3, -0.25) is 0 Å². The van der Waals surface area contributed by atoms with E-state index in [1.165, 1.54) is 12.1 Å². The first kappa shape index (κ1) is 17.3. The quantitative estimate of drug-likeness (QED) is 0.811. The number of nitrogens with zero attached hydrogens (tertiary/aromatic N) is 1. The van der Waals surface area contributed by atoms with Gasteiger partial charge in [-0.05, 0) is 44.4 Å². The van der Waals surface area contributed by atoms with Crippen molar-refractivity contribution in [1.82, 2.24) is 0 Å². The molecule has 0 bridgehead atoms. The Labute approximate surface area is 122 Å². The van der Waals surface area contributed by atoms with E-state index in [1.807, 2.05) is 0 Å². The van der Waals surface area contributed by atoms with Gasteiger partial charge in [0, 0.05) is 0 Å². The van der Waals surface area contributed by atoms with Crippen LogP contribution in [0.15, 0.2) is 18.2 Å². The number of nitriles is 1. The average Bonchev–Trinajstić information content (AvgIpc) is 2.42. The van der Waals surface area contributed by atoms with Crippen molar-refractivity contribution in [2.24, 2.45) is 5.41 Å². The molecule has 1 rings (SSSR count). The molecule has 0 atom stereocenters. The molecule has 3 nitrogen and oxygen atoms in total. The van der Waals surface area contributed by atoms with Crippen molar-refractivity contribution in [3.05, 3.63) is 29.3 Å². The second-order valence-electron chi connectivity index (χ2n) is 5.43. The molecule has 21 heavy (non-hydrogen) atoms. The van der Waals surface area contributed by atoms with Gasteiger partial charge in [-0.25, -0.2) is 0 Å². The maximum Gasteiger partial charge on any atom is 0.419 e. The maximum absolute atomic E-state index is 12.9. The normalized spacial score (nSPS) is 12.0. The van der Waals surface area contributed by atoms with E-state index in [9.17, 15) is 13.2 Å². The summed E-state index contributed by atoms with van der Waals surface area (Å²) < 4.78 is 43.9. The predicted molar refractivity (Wildman–Crippen MR) is 71.5 cm³/mol. The summed E-state index contributed by atoms with van der Waals surface area (Å²) in [4.78, 5) is 0. The van der Waals surface area contributed by atoms with E-state index in [1.54, 1.807) is 13.8 Å². The summed E-state index contributed by atoms with van der Waals surface area (Å²) in [6.45, 7) is 3.18. The van der Waals surface area contributed by atoms with Gasteiger partial charge in [0.05, 0.1) is 30.3 Å². The summed E-state index contributed by atoms with van der Waals surface area (Å²) in [7, 11) is 0. The third-order valence-electron chi connectivity index (χ3n) is 3.04. The minimum atomic E-state index is -4.54. The maximum atomic E-state index is 12.9. The standard InChI is InChI=1S/C15H18F3NO2/c1-14(2,10-19)6-3-7-21-13-5-4-11(9-20)8-12(13)15(16,17)18/h4-5,8,20H,3,6-7,9H2,1-2H3. The lowest BCUT2D eigenvalue weighted by Crippen LogP contribution is -2.12. The van der Waals surface area contributed by atoms with Gasteiger partial charge in [0.1, 0.15) is 5.75 Å². The number of hydrogen-bond acceptors (Lipinski definition) is 3. The van der Waals surface area contributed by atoms with Crippen LogP contribution in [-0.2, 0) is 12.8 Å². The molecule has 0 aliphatic rings. The van der Waals surface area contributed by atoms with E-state index in [2.05, 4.69) is 6.07 Å². The Morgan fingerprint density at radius 3 is 2.48 bits per heavy atom. The SMILES string of the molecule is CC(C)(C#N)CCCOc1ccc(CO)cc1C(F)(F)F. The Kier molecular flexibility index (Phi) is 5.62. The molecule has 0 saturated heterocycles. The molecule has 0 heterocycles. The highest BCUT2D eigenvalue weighted by molar-refractivity contribution is 5.39. The first-order chi connectivity index (χ1) is 9.69. The van der Waals surface area contributed by atoms with E-state index in [0.717, 1.165) is 6.07 Å². The van der Waals surface area contributed by atoms with Gasteiger partial charge in [0.25, 0.3) is 0 Å². The number of rotatable bonds is 6. The lowest BCUT2D eigenvalue weighted by atomic mass is 9.90. The lowest BCUT2D eigenvalue weighted by molar-refractivity contribution is -0.139. The van der Waals surface area contributed by atoms with Gasteiger partial charge in [-0.2, -0.15) is 18.4 Å². The van der Waals surface area contributed by atoms with Gasteiger partial charge in [-0.1, -0.05) is 6.07 Å². The van der Waals surface area contributed by atoms with Crippen LogP contribution in [0.5, 0.6) is 5.75 Å². The van der Waals surface area contributed by atoms with Gasteiger partial charge in [0.15, 0.2) is 0 Å². The highest BCUT2D eigenvalue weighted by Gasteiger charge is 2.34. The van der Waals surface area contributed by atoms with Crippen LogP contribution in [0.3, 0.4) is 0 Å². The fourth-order valence-electron chi connectivity index (χ4n) is 1.78. The van der Waals surface area contributed by atoms with Crippen LogP contribution in [0.1, 0.15) is 37.8 Å². The zero-order chi connectivity index (χ0) is 16.1. The molecule has 0 saturated carbocycles. The summed E-state index contributed by atoms with van der Waals surface area (Å²) in [5.41, 5.74) is -1.23.